The van der Waals surface area contributed by atoms with Crippen LogP contribution in [0.25, 0.3) is 65.3 Å². The van der Waals surface area contributed by atoms with Gasteiger partial charge >= 0.3 is 14.2 Å². The summed E-state index contributed by atoms with van der Waals surface area (Å²) in [7, 11) is -1.04. The van der Waals surface area contributed by atoms with Crippen molar-refractivity contribution in [2.24, 2.45) is 0 Å². The zero-order chi connectivity index (χ0) is 35.3. The van der Waals surface area contributed by atoms with E-state index in [2.05, 4.69) is 156 Å². The second kappa shape index (κ2) is 11.3. The van der Waals surface area contributed by atoms with Gasteiger partial charge in [-0.05, 0) is 130 Å². The maximum atomic E-state index is 6.59. The molecule has 2 saturated heterocycles. The lowest BCUT2D eigenvalue weighted by Gasteiger charge is -2.32. The van der Waals surface area contributed by atoms with Crippen LogP contribution in [0.3, 0.4) is 0 Å². The van der Waals surface area contributed by atoms with Gasteiger partial charge in [0, 0.05) is 0 Å². The molecule has 0 radical (unpaired) electrons. The van der Waals surface area contributed by atoms with Gasteiger partial charge in [0.15, 0.2) is 0 Å². The first-order chi connectivity index (χ1) is 24.4. The van der Waals surface area contributed by atoms with Crippen molar-refractivity contribution in [3.63, 3.8) is 0 Å². The molecule has 2 heterocycles. The molecule has 6 heteroatoms. The summed E-state index contributed by atoms with van der Waals surface area (Å²) in [4.78, 5) is 0. The van der Waals surface area contributed by atoms with Crippen LogP contribution in [-0.4, -0.2) is 31.0 Å². The van der Waals surface area contributed by atoms with Gasteiger partial charge in [0.25, 0.3) is 0 Å². The van der Waals surface area contributed by atoms with Crippen molar-refractivity contribution in [3.8, 4) is 22.3 Å². The smallest absolute Gasteiger partial charge is 0.534 e. The minimum atomic E-state index is -0.579. The second-order valence-electron chi connectivity index (χ2n) is 15.6. The van der Waals surface area contributed by atoms with Gasteiger partial charge in [0.05, 0.1) is 17.0 Å². The van der Waals surface area contributed by atoms with Gasteiger partial charge in [0.2, 0.25) is 0 Å². The van der Waals surface area contributed by atoms with Crippen molar-refractivity contribution in [2.45, 2.75) is 58.3 Å². The molecule has 0 spiro atoms. The van der Waals surface area contributed by atoms with Crippen molar-refractivity contribution in [3.05, 3.63) is 134 Å². The molecule has 7 aromatic carbocycles. The molecule has 0 bridgehead atoms. The first-order valence-corrected chi connectivity index (χ1v) is 17.8. The van der Waals surface area contributed by atoms with E-state index >= 15 is 0 Å². The fourth-order valence-electron chi connectivity index (χ4n) is 7.61. The van der Waals surface area contributed by atoms with Gasteiger partial charge in [-0.1, -0.05) is 116 Å². The molecule has 250 valence electrons. The molecule has 0 amide bonds. The van der Waals surface area contributed by atoms with E-state index in [0.717, 1.165) is 49.2 Å². The molecule has 0 N–H and O–H groups in total. The Morgan fingerprint density at radius 1 is 0.451 bits per heavy atom. The van der Waals surface area contributed by atoms with E-state index in [1.165, 1.54) is 27.1 Å². The second-order valence-corrected chi connectivity index (χ2v) is 15.6. The Kier molecular flexibility index (Phi) is 7.11. The zero-order valence-electron chi connectivity index (χ0n) is 30.0. The molecule has 0 unspecified atom stereocenters. The lowest BCUT2D eigenvalue weighted by Crippen LogP contribution is -2.41. The lowest BCUT2D eigenvalue weighted by molar-refractivity contribution is 0.00578. The third-order valence-electron chi connectivity index (χ3n) is 11.4. The molecule has 2 aliphatic heterocycles. The van der Waals surface area contributed by atoms with Crippen molar-refractivity contribution in [2.75, 3.05) is 0 Å². The summed E-state index contributed by atoms with van der Waals surface area (Å²) in [6, 6.07) is 44.0. The summed E-state index contributed by atoms with van der Waals surface area (Å²) in [6.07, 6.45) is 0. The minimum absolute atomic E-state index is 0.450. The Morgan fingerprint density at radius 2 is 0.902 bits per heavy atom. The molecule has 2 aliphatic rings. The van der Waals surface area contributed by atoms with Crippen molar-refractivity contribution >= 4 is 68.3 Å². The van der Waals surface area contributed by atoms with Crippen LogP contribution in [0, 0.1) is 0 Å². The van der Waals surface area contributed by atoms with E-state index in [4.69, 9.17) is 18.6 Å². The summed E-state index contributed by atoms with van der Waals surface area (Å²) < 4.78 is 25.8. The highest BCUT2D eigenvalue weighted by Crippen LogP contribution is 2.45. The van der Waals surface area contributed by atoms with Gasteiger partial charge in [-0.15, -0.1) is 0 Å². The summed E-state index contributed by atoms with van der Waals surface area (Å²) in [6.45, 7) is 16.6. The molecule has 0 aliphatic carbocycles. The molecule has 4 nitrogen and oxygen atoms in total. The first-order valence-electron chi connectivity index (χ1n) is 17.8. The highest BCUT2D eigenvalue weighted by molar-refractivity contribution is 6.63. The predicted molar refractivity (Wildman–Crippen MR) is 214 cm³/mol. The van der Waals surface area contributed by atoms with Crippen molar-refractivity contribution in [1.82, 2.24) is 0 Å². The van der Waals surface area contributed by atoms with Crippen LogP contribution >= 0.6 is 0 Å². The fraction of sp³-hybridized carbons (Fsp3) is 0.200. The number of hydrogen-bond donors (Lipinski definition) is 0. The van der Waals surface area contributed by atoms with Crippen LogP contribution < -0.4 is 10.9 Å². The summed E-state index contributed by atoms with van der Waals surface area (Å²) in [5, 5.41) is 9.37. The van der Waals surface area contributed by atoms with Gasteiger partial charge in [0.1, 0.15) is 5.60 Å². The monoisotopic (exact) mass is 666 g/mol. The van der Waals surface area contributed by atoms with Crippen molar-refractivity contribution < 1.29 is 18.6 Å². The topological polar surface area (TPSA) is 36.9 Å². The Morgan fingerprint density at radius 3 is 1.35 bits per heavy atom. The largest absolute Gasteiger partial charge is 0.563 e. The van der Waals surface area contributed by atoms with E-state index in [1.54, 1.807) is 0 Å². The molecule has 51 heavy (non-hydrogen) atoms. The normalized spacial score (nSPS) is 18.0. The Hall–Kier alpha value is -4.87. The summed E-state index contributed by atoms with van der Waals surface area (Å²) in [5.74, 6) is 0.632. The average molecular weight is 666 g/mol. The SMILES string of the molecule is C=C1OB(c2ccc3c(-c4ccc5ccccc5c4)c4cc(B5OC(C)(C)C(C)(C)O5)ccc4c(-c4ccc5ccccc5c4)c3c2)OC1(C)C. The molecule has 9 rings (SSSR count). The number of hydrogen-bond acceptors (Lipinski definition) is 4. The van der Waals surface area contributed by atoms with Crippen LogP contribution in [0.2, 0.25) is 0 Å². The van der Waals surface area contributed by atoms with Crippen LogP contribution in [-0.2, 0) is 18.6 Å². The Labute approximate surface area is 300 Å². The van der Waals surface area contributed by atoms with Gasteiger partial charge in [-0.3, -0.25) is 0 Å². The molecule has 0 atom stereocenters. The fourth-order valence-corrected chi connectivity index (χ4v) is 7.61. The van der Waals surface area contributed by atoms with Crippen molar-refractivity contribution in [1.29, 1.82) is 0 Å². The predicted octanol–water partition coefficient (Wildman–Crippen LogP) is 9.97. The van der Waals surface area contributed by atoms with E-state index in [1.807, 2.05) is 13.8 Å². The lowest BCUT2D eigenvalue weighted by atomic mass is 9.74. The standard InChI is InChI=1S/C45H40B2O4/c1-28-43(2,3)49-46(48-28)35-20-22-37-39(26-35)41(33-18-16-29-12-8-10-14-31(29)24-33)38-23-21-36(47-50-44(4,5)45(6,7)51-47)27-40(38)42(37)34-19-17-30-13-9-11-15-32(30)25-34/h8-27H,1H2,2-7H3. The Balaban J connectivity index is 1.37. The molecule has 0 saturated carbocycles. The third kappa shape index (κ3) is 5.19. The first kappa shape index (κ1) is 32.1. The quantitative estimate of drug-likeness (QED) is 0.139. The summed E-state index contributed by atoms with van der Waals surface area (Å²) in [5.41, 5.74) is 5.09. The van der Waals surface area contributed by atoms with E-state index in [0.29, 0.717) is 5.76 Å². The minimum Gasteiger partial charge on any atom is -0.534 e. The van der Waals surface area contributed by atoms with E-state index in [9.17, 15) is 0 Å². The highest BCUT2D eigenvalue weighted by Gasteiger charge is 2.51. The maximum absolute atomic E-state index is 6.59. The van der Waals surface area contributed by atoms with Gasteiger partial charge in [-0.2, -0.15) is 0 Å². The van der Waals surface area contributed by atoms with Crippen LogP contribution in [0.4, 0.5) is 0 Å². The number of benzene rings is 7. The third-order valence-corrected chi connectivity index (χ3v) is 11.4. The molecule has 7 aromatic rings. The van der Waals surface area contributed by atoms with Crippen LogP contribution in [0.5, 0.6) is 0 Å². The van der Waals surface area contributed by atoms with Crippen LogP contribution in [0.15, 0.2) is 134 Å². The molecular weight excluding hydrogens is 626 g/mol. The van der Waals surface area contributed by atoms with E-state index < -0.39 is 31.0 Å². The highest BCUT2D eigenvalue weighted by atomic mass is 16.7. The number of rotatable bonds is 4. The van der Waals surface area contributed by atoms with Crippen LogP contribution in [0.1, 0.15) is 41.5 Å². The molecular formula is C45H40B2O4. The average Bonchev–Trinajstić information content (AvgIpc) is 3.52. The van der Waals surface area contributed by atoms with E-state index in [-0.39, 0.29) is 0 Å². The zero-order valence-corrected chi connectivity index (χ0v) is 30.0. The van der Waals surface area contributed by atoms with Gasteiger partial charge in [-0.25, -0.2) is 0 Å². The maximum Gasteiger partial charge on any atom is 0.563 e. The Bertz CT molecular complexity index is 2550. The number of fused-ring (bicyclic) bond motifs is 4. The molecule has 2 fully saturated rings. The molecule has 0 aromatic heterocycles. The van der Waals surface area contributed by atoms with Gasteiger partial charge < -0.3 is 18.6 Å². The summed E-state index contributed by atoms with van der Waals surface area (Å²) >= 11 is 0.